The number of nitrogens with one attached hydrogen (secondary N) is 1. The van der Waals surface area contributed by atoms with Crippen molar-refractivity contribution in [2.24, 2.45) is 0 Å². The number of hydrogen-bond donors (Lipinski definition) is 1. The van der Waals surface area contributed by atoms with Gasteiger partial charge < -0.3 is 15.0 Å². The minimum Gasteiger partial charge on any atom is -0.451 e. The van der Waals surface area contributed by atoms with Crippen LogP contribution >= 0.6 is 0 Å². The Hall–Kier alpha value is -3.78. The van der Waals surface area contributed by atoms with Crippen molar-refractivity contribution in [1.82, 2.24) is 10.2 Å². The van der Waals surface area contributed by atoms with Crippen molar-refractivity contribution in [3.63, 3.8) is 0 Å². The first-order chi connectivity index (χ1) is 17.8. The maximum absolute atomic E-state index is 13.6. The third kappa shape index (κ3) is 4.57. The van der Waals surface area contributed by atoms with Crippen LogP contribution in [0.4, 0.5) is 0 Å². The zero-order valence-corrected chi connectivity index (χ0v) is 21.4. The average molecular weight is 517 g/mol. The monoisotopic (exact) mass is 516 g/mol. The van der Waals surface area contributed by atoms with Crippen LogP contribution in [0.25, 0.3) is 0 Å². The van der Waals surface area contributed by atoms with Gasteiger partial charge in [-0.15, -0.1) is 0 Å². The molecule has 5 rings (SSSR count). The second kappa shape index (κ2) is 9.94. The number of amides is 2. The molecule has 2 amide bonds. The molecule has 0 radical (unpaired) electrons. The zero-order chi connectivity index (χ0) is 26.2. The highest BCUT2D eigenvalue weighted by atomic mass is 32.2. The normalized spacial score (nSPS) is 23.8. The van der Waals surface area contributed by atoms with Gasteiger partial charge in [0.2, 0.25) is 11.8 Å². The highest BCUT2D eigenvalue weighted by molar-refractivity contribution is 7.87. The van der Waals surface area contributed by atoms with Gasteiger partial charge in [-0.25, -0.2) is 4.79 Å². The van der Waals surface area contributed by atoms with E-state index in [0.717, 1.165) is 16.7 Å². The fourth-order valence-electron chi connectivity index (χ4n) is 5.04. The molecule has 190 valence electrons. The number of esters is 1. The minimum atomic E-state index is -1.60. The van der Waals surface area contributed by atoms with E-state index >= 15 is 0 Å². The Morgan fingerprint density at radius 2 is 1.43 bits per heavy atom. The summed E-state index contributed by atoms with van der Waals surface area (Å²) in [5, 5.41) is 1.95. The third-order valence-electron chi connectivity index (χ3n) is 6.94. The zero-order valence-electron chi connectivity index (χ0n) is 20.6. The van der Waals surface area contributed by atoms with E-state index in [1.54, 1.807) is 13.8 Å². The van der Waals surface area contributed by atoms with Crippen molar-refractivity contribution in [3.05, 3.63) is 108 Å². The molecule has 2 heterocycles. The van der Waals surface area contributed by atoms with Gasteiger partial charge in [0.25, 0.3) is 0 Å². The van der Waals surface area contributed by atoms with Gasteiger partial charge in [-0.3, -0.25) is 13.8 Å². The van der Waals surface area contributed by atoms with Gasteiger partial charge in [0.1, 0.15) is 17.5 Å². The summed E-state index contributed by atoms with van der Waals surface area (Å²) in [6.07, 6.45) is -0.578. The largest absolute Gasteiger partial charge is 0.451 e. The number of carbonyl (C=O) groups excluding carboxylic acids is 3. The highest BCUT2D eigenvalue weighted by Crippen LogP contribution is 2.44. The molecule has 4 atom stereocenters. The lowest BCUT2D eigenvalue weighted by atomic mass is 9.95. The van der Waals surface area contributed by atoms with Crippen LogP contribution in [0, 0.1) is 0 Å². The minimum absolute atomic E-state index is 0.106. The smallest absolute Gasteiger partial charge is 0.331 e. The van der Waals surface area contributed by atoms with Crippen LogP contribution in [0.5, 0.6) is 0 Å². The molecule has 4 unspecified atom stereocenters. The van der Waals surface area contributed by atoms with Crippen LogP contribution in [0.1, 0.15) is 36.6 Å². The summed E-state index contributed by atoms with van der Waals surface area (Å²) in [4.78, 5) is 40.8. The summed E-state index contributed by atoms with van der Waals surface area (Å²) in [5.41, 5.74) is 2.39. The van der Waals surface area contributed by atoms with E-state index in [1.165, 1.54) is 4.90 Å². The van der Waals surface area contributed by atoms with Crippen LogP contribution in [0.2, 0.25) is 0 Å². The molecule has 3 aromatic carbocycles. The Morgan fingerprint density at radius 1 is 0.919 bits per heavy atom. The van der Waals surface area contributed by atoms with E-state index in [4.69, 9.17) is 4.74 Å². The molecular weight excluding hydrogens is 488 g/mol. The molecule has 2 saturated heterocycles. The summed E-state index contributed by atoms with van der Waals surface area (Å²) >= 11 is 0. The Bertz CT molecular complexity index is 1290. The summed E-state index contributed by atoms with van der Waals surface area (Å²) < 4.78 is 18.5. The van der Waals surface area contributed by atoms with Crippen molar-refractivity contribution < 1.29 is 23.3 Å². The summed E-state index contributed by atoms with van der Waals surface area (Å²) in [7, 11) is -1.60. The quantitative estimate of drug-likeness (QED) is 0.385. The molecule has 2 aliphatic rings. The lowest BCUT2D eigenvalue weighted by molar-refractivity contribution is -0.166. The number of benzene rings is 3. The van der Waals surface area contributed by atoms with Crippen molar-refractivity contribution >= 4 is 28.6 Å². The summed E-state index contributed by atoms with van der Waals surface area (Å²) in [5.74, 6) is -1.39. The summed E-state index contributed by atoms with van der Waals surface area (Å²) in [6, 6.07) is 25.9. The molecule has 0 bridgehead atoms. The topological polar surface area (TPSA) is 92.8 Å². The number of carbonyl (C=O) groups is 3. The number of hydrogen-bond acceptors (Lipinski definition) is 5. The lowest BCUT2D eigenvalue weighted by Crippen LogP contribution is -2.71. The van der Waals surface area contributed by atoms with Crippen LogP contribution in [-0.4, -0.2) is 49.1 Å². The van der Waals surface area contributed by atoms with Crippen LogP contribution in [-0.2, 0) is 36.3 Å². The number of ether oxygens (including phenoxy) is 1. The molecule has 37 heavy (non-hydrogen) atoms. The molecule has 0 saturated carbocycles. The summed E-state index contributed by atoms with van der Waals surface area (Å²) in [6.45, 7) is 3.40. The first-order valence-electron chi connectivity index (χ1n) is 12.2. The van der Waals surface area contributed by atoms with Gasteiger partial charge in [0.15, 0.2) is 6.10 Å². The fourth-order valence-corrected chi connectivity index (χ4v) is 6.96. The van der Waals surface area contributed by atoms with Crippen LogP contribution in [0.15, 0.2) is 91.0 Å². The lowest BCUT2D eigenvalue weighted by Gasteiger charge is -2.43. The Balaban J connectivity index is 1.35. The van der Waals surface area contributed by atoms with Crippen molar-refractivity contribution in [2.75, 3.05) is 0 Å². The molecule has 1 N–H and O–H groups in total. The predicted molar refractivity (Wildman–Crippen MR) is 140 cm³/mol. The molecule has 2 fully saturated rings. The number of rotatable bonds is 7. The van der Waals surface area contributed by atoms with E-state index < -0.39 is 51.0 Å². The van der Waals surface area contributed by atoms with Gasteiger partial charge in [-0.05, 0) is 30.5 Å². The third-order valence-corrected chi connectivity index (χ3v) is 9.14. The van der Waals surface area contributed by atoms with Gasteiger partial charge in [0.05, 0.1) is 22.0 Å². The maximum atomic E-state index is 13.6. The van der Waals surface area contributed by atoms with Gasteiger partial charge in [0, 0.05) is 0 Å². The first kappa shape index (κ1) is 24.9. The number of β-lactam (4-membered cyclic amide) rings is 1. The Labute approximate surface area is 218 Å². The Kier molecular flexibility index (Phi) is 6.69. The molecule has 8 heteroatoms. The number of nitrogens with zero attached hydrogens (tertiary/aromatic N) is 1. The SMILES string of the molecule is CC1(C)C(C(=O)OC(c2ccccc2)c2ccccc2)N2C(=O)C(NC(=O)Cc3ccccc3)C2S1=O. The highest BCUT2D eigenvalue weighted by Gasteiger charge is 2.68. The molecule has 7 nitrogen and oxygen atoms in total. The van der Waals surface area contributed by atoms with Crippen molar-refractivity contribution in [2.45, 2.75) is 48.6 Å². The molecular formula is C29H28N2O5S. The standard InChI is InChI=1S/C29H28N2O5S/c1-29(2)25(28(34)36-24(20-14-8-4-9-15-20)21-16-10-5-11-17-21)31-26(33)23(27(31)37(29)35)30-22(32)18-19-12-6-3-7-13-19/h3-17,23-25,27H,18H2,1-2H3,(H,30,32). The molecule has 0 aliphatic carbocycles. The molecule has 0 aromatic heterocycles. The molecule has 0 spiro atoms. The van der Waals surface area contributed by atoms with Crippen LogP contribution in [0.3, 0.4) is 0 Å². The van der Waals surface area contributed by atoms with E-state index in [9.17, 15) is 18.6 Å². The van der Waals surface area contributed by atoms with Gasteiger partial charge in [-0.1, -0.05) is 91.0 Å². The number of fused-ring (bicyclic) bond motifs is 1. The van der Waals surface area contributed by atoms with E-state index in [2.05, 4.69) is 5.32 Å². The van der Waals surface area contributed by atoms with E-state index in [-0.39, 0.29) is 12.3 Å². The maximum Gasteiger partial charge on any atom is 0.331 e. The van der Waals surface area contributed by atoms with Gasteiger partial charge >= 0.3 is 5.97 Å². The molecule has 2 aliphatic heterocycles. The Morgan fingerprint density at radius 3 is 1.97 bits per heavy atom. The second-order valence-corrected chi connectivity index (χ2v) is 11.9. The fraction of sp³-hybridized carbons (Fsp3) is 0.276. The molecule has 3 aromatic rings. The van der Waals surface area contributed by atoms with E-state index in [0.29, 0.717) is 0 Å². The predicted octanol–water partition coefficient (Wildman–Crippen LogP) is 3.12. The first-order valence-corrected chi connectivity index (χ1v) is 13.4. The van der Waals surface area contributed by atoms with Crippen LogP contribution < -0.4 is 5.32 Å². The van der Waals surface area contributed by atoms with Gasteiger partial charge in [-0.2, -0.15) is 0 Å². The van der Waals surface area contributed by atoms with Crippen molar-refractivity contribution in [3.8, 4) is 0 Å². The van der Waals surface area contributed by atoms with E-state index in [1.807, 2.05) is 91.0 Å². The van der Waals surface area contributed by atoms with Crippen molar-refractivity contribution in [1.29, 1.82) is 0 Å². The second-order valence-electron chi connectivity index (χ2n) is 9.79. The average Bonchev–Trinajstić information content (AvgIpc) is 3.10.